The predicted molar refractivity (Wildman–Crippen MR) is 290 cm³/mol. The van der Waals surface area contributed by atoms with Crippen molar-refractivity contribution in [2.75, 3.05) is 0 Å². The lowest BCUT2D eigenvalue weighted by Crippen LogP contribution is -2.74. The van der Waals surface area contributed by atoms with E-state index in [1.165, 1.54) is 48.2 Å². The Morgan fingerprint density at radius 3 is 1.39 bits per heavy atom. The Morgan fingerprint density at radius 1 is 0.304 bits per heavy atom. The fourth-order valence-electron chi connectivity index (χ4n) is 10.3. The van der Waals surface area contributed by atoms with Gasteiger partial charge in [-0.15, -0.1) is 0 Å². The number of para-hydroxylation sites is 1. The van der Waals surface area contributed by atoms with Gasteiger partial charge in [0.25, 0.3) is 0 Å². The van der Waals surface area contributed by atoms with Crippen molar-refractivity contribution in [2.45, 2.75) is 6.92 Å². The van der Waals surface area contributed by atoms with Crippen molar-refractivity contribution in [1.29, 1.82) is 0 Å². The summed E-state index contributed by atoms with van der Waals surface area (Å²) in [5.74, 6) is 1.86. The summed E-state index contributed by atoms with van der Waals surface area (Å²) in [7, 11) is -2.89. The Bertz CT molecular complexity index is 3620. The number of fused-ring (bicyclic) bond motifs is 3. The summed E-state index contributed by atoms with van der Waals surface area (Å²) >= 11 is 0. The van der Waals surface area contributed by atoms with Gasteiger partial charge < -0.3 is 4.57 Å². The molecular weight excluding hydrogens is 853 g/mol. The molecule has 2 heterocycles. The number of hydrogen-bond donors (Lipinski definition) is 0. The van der Waals surface area contributed by atoms with Crippen LogP contribution in [0.4, 0.5) is 0 Å². The molecule has 12 rings (SSSR count). The summed E-state index contributed by atoms with van der Waals surface area (Å²) in [6.45, 7) is 2.15. The van der Waals surface area contributed by atoms with E-state index in [1.807, 2.05) is 36.4 Å². The van der Waals surface area contributed by atoms with Crippen molar-refractivity contribution in [3.05, 3.63) is 266 Å². The molecule has 0 N–H and O–H groups in total. The van der Waals surface area contributed by atoms with E-state index in [-0.39, 0.29) is 0 Å². The zero-order valence-corrected chi connectivity index (χ0v) is 39.1. The molecule has 0 amide bonds. The second kappa shape index (κ2) is 17.8. The Balaban J connectivity index is 1.13. The van der Waals surface area contributed by atoms with Gasteiger partial charge in [-0.25, -0.2) is 15.0 Å². The third kappa shape index (κ3) is 7.56. The van der Waals surface area contributed by atoms with Gasteiger partial charge >= 0.3 is 0 Å². The molecule has 0 unspecified atom stereocenters. The van der Waals surface area contributed by atoms with Crippen molar-refractivity contribution in [2.24, 2.45) is 0 Å². The Morgan fingerprint density at radius 2 is 0.783 bits per heavy atom. The highest BCUT2D eigenvalue weighted by Crippen LogP contribution is 2.39. The molecule has 0 aliphatic rings. The first-order chi connectivity index (χ1) is 34.1. The lowest BCUT2D eigenvalue weighted by atomic mass is 9.98. The third-order valence-corrected chi connectivity index (χ3v) is 18.2. The number of hydrogen-bond acceptors (Lipinski definition) is 3. The van der Waals surface area contributed by atoms with Crippen LogP contribution < -0.4 is 20.7 Å². The molecule has 0 radical (unpaired) electrons. The molecule has 2 aromatic heterocycles. The molecule has 0 fully saturated rings. The first kappa shape index (κ1) is 41.6. The monoisotopic (exact) mass is 898 g/mol. The van der Waals surface area contributed by atoms with Crippen molar-refractivity contribution in [1.82, 2.24) is 19.5 Å². The molecule has 326 valence electrons. The van der Waals surface area contributed by atoms with E-state index in [0.29, 0.717) is 17.5 Å². The average Bonchev–Trinajstić information content (AvgIpc) is 3.76. The minimum atomic E-state index is -2.89. The quantitative estimate of drug-likeness (QED) is 0.101. The minimum absolute atomic E-state index is 0.609. The fourth-order valence-corrected chi connectivity index (χ4v) is 15.1. The maximum Gasteiger partial charge on any atom is 0.179 e. The van der Waals surface area contributed by atoms with Crippen LogP contribution in [0.15, 0.2) is 261 Å². The van der Waals surface area contributed by atoms with Crippen LogP contribution in [0.2, 0.25) is 0 Å². The normalized spacial score (nSPS) is 11.6. The maximum absolute atomic E-state index is 5.32. The molecule has 4 nitrogen and oxygen atoms in total. The van der Waals surface area contributed by atoms with Gasteiger partial charge in [0.2, 0.25) is 0 Å². The molecule has 0 aliphatic carbocycles. The molecule has 0 aliphatic heterocycles. The highest BCUT2D eigenvalue weighted by atomic mass is 28.3. The van der Waals surface area contributed by atoms with E-state index >= 15 is 0 Å². The van der Waals surface area contributed by atoms with E-state index in [2.05, 4.69) is 236 Å². The van der Waals surface area contributed by atoms with Crippen LogP contribution in [0, 0.1) is 6.92 Å². The Labute approximate surface area is 403 Å². The van der Waals surface area contributed by atoms with Gasteiger partial charge in [0.05, 0.1) is 11.0 Å². The molecule has 69 heavy (non-hydrogen) atoms. The van der Waals surface area contributed by atoms with E-state index in [1.54, 1.807) is 0 Å². The van der Waals surface area contributed by atoms with Crippen LogP contribution >= 0.6 is 0 Å². The molecule has 0 bridgehead atoms. The van der Waals surface area contributed by atoms with Crippen molar-refractivity contribution in [3.8, 4) is 62.1 Å². The molecular formula is C64H46N4Si. The van der Waals surface area contributed by atoms with Crippen LogP contribution in [0.3, 0.4) is 0 Å². The van der Waals surface area contributed by atoms with Crippen molar-refractivity contribution < 1.29 is 0 Å². The van der Waals surface area contributed by atoms with Crippen molar-refractivity contribution in [3.63, 3.8) is 0 Å². The SMILES string of the molecule is Cc1cccc(-c2ccc3c(c2)c2ccccc2n3-c2ccc(-c3nc(-c4ccccc4)nc(-c4ccccc4)n3)c(-c3cccc([Si](c4ccccc4)(c4ccccc4)c4ccccc4)c3)c2)c1. The molecule has 0 saturated carbocycles. The fraction of sp³-hybridized carbons (Fsp3) is 0.0156. The van der Waals surface area contributed by atoms with E-state index in [9.17, 15) is 0 Å². The topological polar surface area (TPSA) is 43.6 Å². The Hall–Kier alpha value is -8.77. The summed E-state index contributed by atoms with van der Waals surface area (Å²) in [5, 5.41) is 7.66. The van der Waals surface area contributed by atoms with Gasteiger partial charge in [-0.05, 0) is 86.3 Å². The van der Waals surface area contributed by atoms with Crippen LogP contribution in [0.25, 0.3) is 83.9 Å². The predicted octanol–water partition coefficient (Wildman–Crippen LogP) is 13.0. The molecule has 5 heteroatoms. The highest BCUT2D eigenvalue weighted by Gasteiger charge is 2.41. The average molecular weight is 899 g/mol. The zero-order valence-electron chi connectivity index (χ0n) is 38.1. The van der Waals surface area contributed by atoms with Gasteiger partial charge in [-0.3, -0.25) is 0 Å². The van der Waals surface area contributed by atoms with Gasteiger partial charge in [-0.1, -0.05) is 230 Å². The van der Waals surface area contributed by atoms with Gasteiger partial charge in [-0.2, -0.15) is 0 Å². The minimum Gasteiger partial charge on any atom is -0.309 e. The van der Waals surface area contributed by atoms with Crippen molar-refractivity contribution >= 4 is 50.6 Å². The van der Waals surface area contributed by atoms with E-state index < -0.39 is 8.07 Å². The smallest absolute Gasteiger partial charge is 0.179 e. The largest absolute Gasteiger partial charge is 0.309 e. The van der Waals surface area contributed by atoms with E-state index in [0.717, 1.165) is 44.5 Å². The van der Waals surface area contributed by atoms with Crippen LogP contribution in [0.5, 0.6) is 0 Å². The maximum atomic E-state index is 5.32. The zero-order chi connectivity index (χ0) is 46.2. The summed E-state index contributed by atoms with van der Waals surface area (Å²) < 4.78 is 2.41. The third-order valence-electron chi connectivity index (χ3n) is 13.5. The molecule has 12 aromatic rings. The van der Waals surface area contributed by atoms with Crippen LogP contribution in [-0.4, -0.2) is 27.6 Å². The molecule has 0 atom stereocenters. The standard InChI is InChI=1S/C64H46N4Si/c1-45-21-19-26-48(41-45)49-37-40-61-59(43-49)56-35-17-18-36-60(56)68(61)51-38-39-57(64-66-62(46-22-7-2-8-23-46)65-63(67-64)47-24-9-3-10-25-47)58(44-51)50-27-20-34-55(42-50)69(52-28-11-4-12-29-52,53-30-13-5-14-31-53)54-32-15-6-16-33-54/h2-44H,1H3. The van der Waals surface area contributed by atoms with Gasteiger partial charge in [0, 0.05) is 33.2 Å². The molecule has 0 saturated heterocycles. The number of nitrogens with zero attached hydrogens (tertiary/aromatic N) is 4. The summed E-state index contributed by atoms with van der Waals surface area (Å²) in [4.78, 5) is 15.7. The first-order valence-corrected chi connectivity index (χ1v) is 25.5. The van der Waals surface area contributed by atoms with E-state index in [4.69, 9.17) is 15.0 Å². The van der Waals surface area contributed by atoms with Crippen LogP contribution in [0.1, 0.15) is 5.56 Å². The number of rotatable bonds is 10. The lowest BCUT2D eigenvalue weighted by Gasteiger charge is -2.34. The van der Waals surface area contributed by atoms with Gasteiger partial charge in [0.1, 0.15) is 0 Å². The molecule has 0 spiro atoms. The first-order valence-electron chi connectivity index (χ1n) is 23.5. The summed E-state index contributed by atoms with van der Waals surface area (Å²) in [6.07, 6.45) is 0. The molecule has 10 aromatic carbocycles. The second-order valence-electron chi connectivity index (χ2n) is 17.7. The summed E-state index contributed by atoms with van der Waals surface area (Å²) in [5.41, 5.74) is 11.9. The van der Waals surface area contributed by atoms with Crippen LogP contribution in [-0.2, 0) is 0 Å². The lowest BCUT2D eigenvalue weighted by molar-refractivity contribution is 1.07. The number of benzene rings is 10. The Kier molecular flexibility index (Phi) is 10.7. The highest BCUT2D eigenvalue weighted by molar-refractivity contribution is 7.19. The second-order valence-corrected chi connectivity index (χ2v) is 21.5. The van der Waals surface area contributed by atoms with Gasteiger partial charge in [0.15, 0.2) is 25.5 Å². The number of aromatic nitrogens is 4. The summed E-state index contributed by atoms with van der Waals surface area (Å²) in [6, 6.07) is 94.3. The number of aryl methyl sites for hydroxylation is 1.